The van der Waals surface area contributed by atoms with Crippen molar-refractivity contribution in [2.45, 2.75) is 31.8 Å². The Bertz CT molecular complexity index is 496. The molecular weight excluding hydrogens is 246 g/mol. The number of amides is 2. The number of likely N-dealkylation sites (N-methyl/N-ethyl adjacent to an activating group) is 1. The normalized spacial score (nSPS) is 33.3. The van der Waals surface area contributed by atoms with Crippen LogP contribution >= 0.6 is 0 Å². The van der Waals surface area contributed by atoms with Crippen LogP contribution in [0, 0.1) is 5.41 Å². The molecule has 2 rings (SSSR count). The Kier molecular flexibility index (Phi) is 3.08. The monoisotopic (exact) mass is 263 g/mol. The Morgan fingerprint density at radius 1 is 1.53 bits per heavy atom. The molecule has 2 atom stereocenters. The lowest BCUT2D eigenvalue weighted by molar-refractivity contribution is -0.174. The molecule has 0 N–H and O–H groups in total. The van der Waals surface area contributed by atoms with Gasteiger partial charge in [-0.25, -0.2) is 4.79 Å². The zero-order chi connectivity index (χ0) is 14.3. The predicted octanol–water partition coefficient (Wildman–Crippen LogP) is 1.20. The van der Waals surface area contributed by atoms with E-state index in [2.05, 4.69) is 6.58 Å². The lowest BCUT2D eigenvalue weighted by Gasteiger charge is -2.40. The Morgan fingerprint density at radius 2 is 2.21 bits per heavy atom. The molecule has 2 unspecified atom stereocenters. The van der Waals surface area contributed by atoms with Gasteiger partial charge >= 0.3 is 5.97 Å². The van der Waals surface area contributed by atoms with Crippen molar-refractivity contribution in [1.29, 1.82) is 0 Å². The van der Waals surface area contributed by atoms with Crippen molar-refractivity contribution >= 4 is 17.8 Å². The lowest BCUT2D eigenvalue weighted by atomic mass is 9.66. The van der Waals surface area contributed by atoms with Gasteiger partial charge in [-0.1, -0.05) is 25.7 Å². The van der Waals surface area contributed by atoms with Gasteiger partial charge in [-0.05, 0) is 12.8 Å². The molecule has 102 valence electrons. The summed E-state index contributed by atoms with van der Waals surface area (Å²) in [5, 5.41) is 0. The number of hydrogen-bond acceptors (Lipinski definition) is 4. The molecule has 2 aliphatic rings. The summed E-state index contributed by atoms with van der Waals surface area (Å²) in [7, 11) is 1.43. The number of esters is 1. The first-order chi connectivity index (χ1) is 8.95. The molecule has 1 aliphatic heterocycles. The fraction of sp³-hybridized carbons (Fsp3) is 0.500. The van der Waals surface area contributed by atoms with Crippen LogP contribution in [-0.4, -0.2) is 35.3 Å². The molecule has 19 heavy (non-hydrogen) atoms. The van der Waals surface area contributed by atoms with Crippen molar-refractivity contribution in [3.63, 3.8) is 0 Å². The van der Waals surface area contributed by atoms with Gasteiger partial charge in [-0.15, -0.1) is 0 Å². The van der Waals surface area contributed by atoms with E-state index in [4.69, 9.17) is 4.74 Å². The number of fused-ring (bicyclic) bond motifs is 1. The summed E-state index contributed by atoms with van der Waals surface area (Å²) in [5.74, 6) is -1.43. The molecule has 5 nitrogen and oxygen atoms in total. The Labute approximate surface area is 111 Å². The lowest BCUT2D eigenvalue weighted by Crippen LogP contribution is -2.54. The van der Waals surface area contributed by atoms with Crippen molar-refractivity contribution in [2.75, 3.05) is 7.05 Å². The number of carbonyl (C=O) groups is 3. The second-order valence-electron chi connectivity index (χ2n) is 4.89. The molecule has 0 aromatic carbocycles. The highest BCUT2D eigenvalue weighted by molar-refractivity contribution is 6.13. The number of hydrogen-bond donors (Lipinski definition) is 0. The number of rotatable bonds is 3. The first-order valence-electron chi connectivity index (χ1n) is 6.31. The number of carbonyl (C=O) groups excluding carboxylic acids is 3. The molecule has 0 spiro atoms. The minimum Gasteiger partial charge on any atom is -0.444 e. The molecule has 0 bridgehead atoms. The van der Waals surface area contributed by atoms with Crippen molar-refractivity contribution < 1.29 is 19.1 Å². The highest BCUT2D eigenvalue weighted by Crippen LogP contribution is 2.52. The Balaban J connectivity index is 2.60. The number of ether oxygens (including phenoxy) is 1. The maximum absolute atomic E-state index is 12.4. The van der Waals surface area contributed by atoms with E-state index in [1.54, 1.807) is 6.08 Å². The largest absolute Gasteiger partial charge is 0.444 e. The number of likely N-dealkylation sites (tertiary alicyclic amines) is 1. The standard InChI is InChI=1S/C14H17NO4/c1-4-10(16)19-14-9-7-6-8-13(14,5-2)11(17)15(3)12(14)18/h4,6,8H,1,5,7,9H2,2-3H3. The van der Waals surface area contributed by atoms with Crippen molar-refractivity contribution in [2.24, 2.45) is 5.41 Å². The number of nitrogens with zero attached hydrogens (tertiary/aromatic N) is 1. The Hall–Kier alpha value is -1.91. The van der Waals surface area contributed by atoms with E-state index in [1.165, 1.54) is 7.05 Å². The van der Waals surface area contributed by atoms with Crippen LogP contribution < -0.4 is 0 Å². The third-order valence-corrected chi connectivity index (χ3v) is 4.12. The summed E-state index contributed by atoms with van der Waals surface area (Å²) in [4.78, 5) is 37.5. The molecule has 1 saturated heterocycles. The second-order valence-corrected chi connectivity index (χ2v) is 4.89. The van der Waals surface area contributed by atoms with Crippen molar-refractivity contribution in [3.8, 4) is 0 Å². The minimum atomic E-state index is -1.41. The van der Waals surface area contributed by atoms with Gasteiger partial charge in [-0.3, -0.25) is 14.5 Å². The first-order valence-corrected chi connectivity index (χ1v) is 6.31. The van der Waals surface area contributed by atoms with E-state index in [1.807, 2.05) is 13.0 Å². The van der Waals surface area contributed by atoms with Gasteiger partial charge in [-0.2, -0.15) is 0 Å². The summed E-state index contributed by atoms with van der Waals surface area (Å²) in [6.45, 7) is 5.16. The number of imide groups is 1. The third-order valence-electron chi connectivity index (χ3n) is 4.12. The molecule has 2 amide bonds. The van der Waals surface area contributed by atoms with Gasteiger partial charge in [0.15, 0.2) is 0 Å². The fourth-order valence-electron chi connectivity index (χ4n) is 3.09. The summed E-state index contributed by atoms with van der Waals surface area (Å²) in [6.07, 6.45) is 5.93. The molecule has 5 heteroatoms. The van der Waals surface area contributed by atoms with Gasteiger partial charge in [0.05, 0.1) is 0 Å². The van der Waals surface area contributed by atoms with Crippen LogP contribution in [0.5, 0.6) is 0 Å². The molecule has 1 fully saturated rings. The van der Waals surface area contributed by atoms with Crippen LogP contribution in [-0.2, 0) is 19.1 Å². The molecular formula is C14H17NO4. The highest BCUT2D eigenvalue weighted by atomic mass is 16.6. The van der Waals surface area contributed by atoms with Crippen LogP contribution in [0.2, 0.25) is 0 Å². The average Bonchev–Trinajstić information content (AvgIpc) is 2.59. The maximum Gasteiger partial charge on any atom is 0.331 e. The smallest absolute Gasteiger partial charge is 0.331 e. The maximum atomic E-state index is 12.4. The van der Waals surface area contributed by atoms with Crippen LogP contribution in [0.15, 0.2) is 24.8 Å². The van der Waals surface area contributed by atoms with E-state index in [0.29, 0.717) is 19.3 Å². The quantitative estimate of drug-likeness (QED) is 0.332. The zero-order valence-corrected chi connectivity index (χ0v) is 11.1. The molecule has 1 heterocycles. The topological polar surface area (TPSA) is 63.7 Å². The van der Waals surface area contributed by atoms with Gasteiger partial charge < -0.3 is 4.74 Å². The van der Waals surface area contributed by atoms with Crippen molar-refractivity contribution in [1.82, 2.24) is 4.90 Å². The number of allylic oxidation sites excluding steroid dienone is 1. The van der Waals surface area contributed by atoms with E-state index in [-0.39, 0.29) is 5.91 Å². The average molecular weight is 263 g/mol. The van der Waals surface area contributed by atoms with Gasteiger partial charge in [0.2, 0.25) is 11.5 Å². The molecule has 0 saturated carbocycles. The summed E-state index contributed by atoms with van der Waals surface area (Å²) in [5.41, 5.74) is -2.48. The second kappa shape index (κ2) is 4.33. The third kappa shape index (κ3) is 1.50. The summed E-state index contributed by atoms with van der Waals surface area (Å²) in [6, 6.07) is 0. The Morgan fingerprint density at radius 3 is 2.79 bits per heavy atom. The summed E-state index contributed by atoms with van der Waals surface area (Å²) >= 11 is 0. The first kappa shape index (κ1) is 13.5. The molecule has 0 aromatic rings. The van der Waals surface area contributed by atoms with Crippen LogP contribution in [0.3, 0.4) is 0 Å². The molecule has 1 aliphatic carbocycles. The zero-order valence-electron chi connectivity index (χ0n) is 11.1. The highest BCUT2D eigenvalue weighted by Gasteiger charge is 2.69. The minimum absolute atomic E-state index is 0.312. The SMILES string of the molecule is C=CC(=O)OC12CCC=CC1(CC)C(=O)N(C)C2=O. The van der Waals surface area contributed by atoms with E-state index < -0.39 is 22.9 Å². The van der Waals surface area contributed by atoms with Crippen molar-refractivity contribution in [3.05, 3.63) is 24.8 Å². The van der Waals surface area contributed by atoms with E-state index in [0.717, 1.165) is 11.0 Å². The fourth-order valence-corrected chi connectivity index (χ4v) is 3.09. The van der Waals surface area contributed by atoms with Crippen LogP contribution in [0.25, 0.3) is 0 Å². The van der Waals surface area contributed by atoms with Crippen LogP contribution in [0.1, 0.15) is 26.2 Å². The molecule has 0 aromatic heterocycles. The van der Waals surface area contributed by atoms with E-state index >= 15 is 0 Å². The summed E-state index contributed by atoms with van der Waals surface area (Å²) < 4.78 is 5.38. The predicted molar refractivity (Wildman–Crippen MR) is 67.9 cm³/mol. The van der Waals surface area contributed by atoms with Crippen LogP contribution in [0.4, 0.5) is 0 Å². The van der Waals surface area contributed by atoms with Gasteiger partial charge in [0.1, 0.15) is 5.41 Å². The van der Waals surface area contributed by atoms with Gasteiger partial charge in [0, 0.05) is 19.5 Å². The molecule has 0 radical (unpaired) electrons. The van der Waals surface area contributed by atoms with E-state index in [9.17, 15) is 14.4 Å². The van der Waals surface area contributed by atoms with Gasteiger partial charge in [0.25, 0.3) is 5.91 Å².